The highest BCUT2D eigenvalue weighted by atomic mass is 19.1. The Morgan fingerprint density at radius 1 is 1.06 bits per heavy atom. The molecule has 10 heteroatoms. The van der Waals surface area contributed by atoms with Gasteiger partial charge in [-0.05, 0) is 63.5 Å². The maximum atomic E-state index is 13.2. The number of carbonyl (C=O) groups excluding carboxylic acids is 1. The summed E-state index contributed by atoms with van der Waals surface area (Å²) in [5.41, 5.74) is 3.84. The van der Waals surface area contributed by atoms with Crippen molar-refractivity contribution in [1.82, 2.24) is 25.1 Å². The van der Waals surface area contributed by atoms with E-state index in [0.717, 1.165) is 55.0 Å². The van der Waals surface area contributed by atoms with Crippen LogP contribution in [0.1, 0.15) is 74.2 Å². The highest BCUT2D eigenvalue weighted by Gasteiger charge is 2.32. The number of nitrogens with zero attached hydrogens (tertiary/aromatic N) is 5. The molecule has 6 rings (SSSR count). The van der Waals surface area contributed by atoms with Crippen molar-refractivity contribution in [2.45, 2.75) is 76.2 Å². The second-order valence-corrected chi connectivity index (χ2v) is 10.0. The maximum Gasteiger partial charge on any atom is 0.247 e. The molecule has 0 aromatic carbocycles. The highest BCUT2D eigenvalue weighted by Crippen LogP contribution is 2.35. The summed E-state index contributed by atoms with van der Waals surface area (Å²) in [6.45, 7) is 0.701. The molecule has 1 saturated heterocycles. The SMILES string of the molecule is O=C(Nc1ccc(F)nc1)[C@@H]1CCCCN1c1nc2c(c(Nc3cc(C4CCCC4)[nH]n3)n1)CCC2. The van der Waals surface area contributed by atoms with Crippen molar-refractivity contribution in [2.75, 3.05) is 22.1 Å². The van der Waals surface area contributed by atoms with E-state index in [9.17, 15) is 9.18 Å². The van der Waals surface area contributed by atoms with Crippen LogP contribution in [0.25, 0.3) is 0 Å². The lowest BCUT2D eigenvalue weighted by atomic mass is 10.0. The van der Waals surface area contributed by atoms with Crippen molar-refractivity contribution in [3.63, 3.8) is 0 Å². The molecule has 2 aliphatic carbocycles. The zero-order valence-electron chi connectivity index (χ0n) is 20.3. The van der Waals surface area contributed by atoms with Gasteiger partial charge in [0.1, 0.15) is 11.9 Å². The van der Waals surface area contributed by atoms with Crippen LogP contribution in [0.3, 0.4) is 0 Å². The first-order valence-corrected chi connectivity index (χ1v) is 13.1. The van der Waals surface area contributed by atoms with Crippen molar-refractivity contribution in [3.8, 4) is 0 Å². The van der Waals surface area contributed by atoms with Gasteiger partial charge in [0, 0.05) is 29.8 Å². The monoisotopic (exact) mass is 490 g/mol. The van der Waals surface area contributed by atoms with E-state index in [-0.39, 0.29) is 5.91 Å². The summed E-state index contributed by atoms with van der Waals surface area (Å²) in [5.74, 6) is 1.95. The molecular formula is C26H31FN8O. The third-order valence-electron chi connectivity index (χ3n) is 7.62. The quantitative estimate of drug-likeness (QED) is 0.432. The van der Waals surface area contributed by atoms with Gasteiger partial charge < -0.3 is 15.5 Å². The number of fused-ring (bicyclic) bond motifs is 1. The van der Waals surface area contributed by atoms with Gasteiger partial charge in [-0.25, -0.2) is 9.97 Å². The summed E-state index contributed by atoms with van der Waals surface area (Å²) in [4.78, 5) is 28.7. The number of carbonyl (C=O) groups is 1. The van der Waals surface area contributed by atoms with Gasteiger partial charge in [-0.3, -0.25) is 9.89 Å². The number of H-pyrrole nitrogens is 1. The number of aromatic nitrogens is 5. The fourth-order valence-electron chi connectivity index (χ4n) is 5.74. The van der Waals surface area contributed by atoms with Crippen molar-refractivity contribution < 1.29 is 9.18 Å². The molecular weight excluding hydrogens is 459 g/mol. The molecule has 0 bridgehead atoms. The number of hydrogen-bond donors (Lipinski definition) is 3. The number of anilines is 4. The lowest BCUT2D eigenvalue weighted by molar-refractivity contribution is -0.117. The molecule has 0 unspecified atom stereocenters. The first-order valence-electron chi connectivity index (χ1n) is 13.1. The molecule has 1 amide bonds. The van der Waals surface area contributed by atoms with Crippen molar-refractivity contribution >= 4 is 29.2 Å². The van der Waals surface area contributed by atoms with Gasteiger partial charge in [-0.15, -0.1) is 0 Å². The molecule has 1 aliphatic heterocycles. The van der Waals surface area contributed by atoms with Gasteiger partial charge in [0.2, 0.25) is 17.8 Å². The molecule has 3 aromatic rings. The molecule has 3 aromatic heterocycles. The molecule has 3 N–H and O–H groups in total. The van der Waals surface area contributed by atoms with Gasteiger partial charge in [0.05, 0.1) is 17.6 Å². The Bertz CT molecular complexity index is 1240. The summed E-state index contributed by atoms with van der Waals surface area (Å²) in [6, 6.07) is 4.46. The Kier molecular flexibility index (Phi) is 6.25. The fourth-order valence-corrected chi connectivity index (χ4v) is 5.74. The molecule has 3 aliphatic rings. The highest BCUT2D eigenvalue weighted by molar-refractivity contribution is 5.96. The molecule has 4 heterocycles. The van der Waals surface area contributed by atoms with E-state index < -0.39 is 12.0 Å². The predicted octanol–water partition coefficient (Wildman–Crippen LogP) is 4.62. The number of nitrogens with one attached hydrogen (secondary N) is 3. The number of aromatic amines is 1. The summed E-state index contributed by atoms with van der Waals surface area (Å²) in [7, 11) is 0. The molecule has 0 spiro atoms. The predicted molar refractivity (Wildman–Crippen MR) is 135 cm³/mol. The number of hydrogen-bond acceptors (Lipinski definition) is 7. The van der Waals surface area contributed by atoms with Gasteiger partial charge >= 0.3 is 0 Å². The van der Waals surface area contributed by atoms with Gasteiger partial charge in [-0.1, -0.05) is 12.8 Å². The number of rotatable bonds is 6. The number of aryl methyl sites for hydroxylation is 1. The largest absolute Gasteiger partial charge is 0.329 e. The van der Waals surface area contributed by atoms with E-state index in [1.54, 1.807) is 0 Å². The van der Waals surface area contributed by atoms with E-state index in [1.165, 1.54) is 49.7 Å². The summed E-state index contributed by atoms with van der Waals surface area (Å²) in [5, 5.41) is 14.1. The van der Waals surface area contributed by atoms with Crippen LogP contribution in [0.2, 0.25) is 0 Å². The third-order valence-corrected chi connectivity index (χ3v) is 7.62. The molecule has 9 nitrogen and oxygen atoms in total. The van der Waals surface area contributed by atoms with Gasteiger partial charge in [0.15, 0.2) is 5.82 Å². The van der Waals surface area contributed by atoms with Crippen LogP contribution in [0.5, 0.6) is 0 Å². The molecule has 0 radical (unpaired) electrons. The molecule has 36 heavy (non-hydrogen) atoms. The molecule has 2 fully saturated rings. The first-order chi connectivity index (χ1) is 17.6. The van der Waals surface area contributed by atoms with Gasteiger partial charge in [-0.2, -0.15) is 14.5 Å². The molecule has 188 valence electrons. The van der Waals surface area contributed by atoms with Crippen LogP contribution < -0.4 is 15.5 Å². The molecule has 1 atom stereocenters. The first kappa shape index (κ1) is 22.9. The second-order valence-electron chi connectivity index (χ2n) is 10.0. The zero-order valence-corrected chi connectivity index (χ0v) is 20.3. The Morgan fingerprint density at radius 2 is 1.92 bits per heavy atom. The van der Waals surface area contributed by atoms with Crippen molar-refractivity contribution in [1.29, 1.82) is 0 Å². The number of amides is 1. The van der Waals surface area contributed by atoms with Crippen LogP contribution in [0.4, 0.5) is 27.7 Å². The number of pyridine rings is 1. The minimum absolute atomic E-state index is 0.157. The minimum atomic E-state index is -0.578. The second kappa shape index (κ2) is 9.83. The summed E-state index contributed by atoms with van der Waals surface area (Å²) in [6.07, 6.45) is 11.8. The fraction of sp³-hybridized carbons (Fsp3) is 0.500. The third kappa shape index (κ3) is 4.64. The lowest BCUT2D eigenvalue weighted by Crippen LogP contribution is -2.48. The maximum absolute atomic E-state index is 13.2. The number of halogens is 1. The van der Waals surface area contributed by atoms with E-state index >= 15 is 0 Å². The van der Waals surface area contributed by atoms with E-state index in [4.69, 9.17) is 9.97 Å². The minimum Gasteiger partial charge on any atom is -0.329 e. The van der Waals surface area contributed by atoms with Crippen LogP contribution in [0, 0.1) is 5.95 Å². The van der Waals surface area contributed by atoms with Crippen LogP contribution in [-0.4, -0.2) is 43.6 Å². The Hall–Kier alpha value is -3.56. The van der Waals surface area contributed by atoms with Crippen LogP contribution in [-0.2, 0) is 17.6 Å². The summed E-state index contributed by atoms with van der Waals surface area (Å²) >= 11 is 0. The Labute approximate surface area is 209 Å². The van der Waals surface area contributed by atoms with Gasteiger partial charge in [0.25, 0.3) is 0 Å². The number of piperidine rings is 1. The normalized spacial score (nSPS) is 19.9. The Morgan fingerprint density at radius 3 is 2.75 bits per heavy atom. The van der Waals surface area contributed by atoms with Crippen LogP contribution in [0.15, 0.2) is 24.4 Å². The van der Waals surface area contributed by atoms with E-state index in [2.05, 4.69) is 31.9 Å². The smallest absolute Gasteiger partial charge is 0.247 e. The topological polar surface area (TPSA) is 112 Å². The Balaban J connectivity index is 1.25. The average molecular weight is 491 g/mol. The standard InChI is InChI=1S/C26H31FN8O/c27-22-12-11-17(15-28-22)29-25(36)21-10-3-4-13-35(21)26-30-19-9-5-8-18(19)24(32-26)31-23-14-20(33-34-23)16-6-1-2-7-16/h11-12,14-16,21H,1-10,13H2,(H,29,36)(H2,30,31,32,33,34)/t21-/m0/s1. The van der Waals surface area contributed by atoms with E-state index in [1.807, 2.05) is 4.90 Å². The van der Waals surface area contributed by atoms with Crippen molar-refractivity contribution in [3.05, 3.63) is 47.3 Å². The summed E-state index contributed by atoms with van der Waals surface area (Å²) < 4.78 is 13.2. The average Bonchev–Trinajstić information content (AvgIpc) is 3.67. The lowest BCUT2D eigenvalue weighted by Gasteiger charge is -2.35. The zero-order chi connectivity index (χ0) is 24.5. The molecule has 1 saturated carbocycles. The van der Waals surface area contributed by atoms with Crippen molar-refractivity contribution in [2.24, 2.45) is 0 Å². The van der Waals surface area contributed by atoms with Crippen LogP contribution >= 0.6 is 0 Å². The van der Waals surface area contributed by atoms with E-state index in [0.29, 0.717) is 30.5 Å².